The van der Waals surface area contributed by atoms with Crippen molar-refractivity contribution in [3.8, 4) is 5.75 Å². The molecule has 1 aromatic rings. The van der Waals surface area contributed by atoms with Crippen LogP contribution in [-0.4, -0.2) is 33.9 Å². The van der Waals surface area contributed by atoms with Gasteiger partial charge in [0.2, 0.25) is 0 Å². The molecular formula is C15H22FNO2. The molecule has 3 nitrogen and oxygen atoms in total. The van der Waals surface area contributed by atoms with Crippen LogP contribution in [0.2, 0.25) is 0 Å². The predicted molar refractivity (Wildman–Crippen MR) is 73.2 cm³/mol. The van der Waals surface area contributed by atoms with Gasteiger partial charge in [-0.1, -0.05) is 6.07 Å². The molecule has 1 aromatic carbocycles. The molecule has 0 spiro atoms. The molecule has 1 aliphatic heterocycles. The summed E-state index contributed by atoms with van der Waals surface area (Å²) in [6.45, 7) is 2.48. The van der Waals surface area contributed by atoms with Gasteiger partial charge in [-0.15, -0.1) is 0 Å². The van der Waals surface area contributed by atoms with Crippen molar-refractivity contribution in [1.29, 1.82) is 0 Å². The van der Waals surface area contributed by atoms with Crippen molar-refractivity contribution < 1.29 is 13.9 Å². The highest BCUT2D eigenvalue weighted by molar-refractivity contribution is 5.32. The second kappa shape index (κ2) is 6.87. The first kappa shape index (κ1) is 14.3. The van der Waals surface area contributed by atoms with Gasteiger partial charge in [0, 0.05) is 19.8 Å². The Labute approximate surface area is 114 Å². The summed E-state index contributed by atoms with van der Waals surface area (Å²) in [6, 6.07) is 5.29. The quantitative estimate of drug-likeness (QED) is 0.889. The first-order valence-electron chi connectivity index (χ1n) is 6.82. The Balaban J connectivity index is 2.19. The fourth-order valence-corrected chi connectivity index (χ4v) is 2.81. The van der Waals surface area contributed by atoms with E-state index in [9.17, 15) is 4.39 Å². The van der Waals surface area contributed by atoms with E-state index in [-0.39, 0.29) is 5.82 Å². The van der Waals surface area contributed by atoms with Gasteiger partial charge in [0.25, 0.3) is 0 Å². The van der Waals surface area contributed by atoms with Crippen molar-refractivity contribution in [3.63, 3.8) is 0 Å². The second-order valence-electron chi connectivity index (χ2n) is 5.01. The summed E-state index contributed by atoms with van der Waals surface area (Å²) in [5.41, 5.74) is 1.04. The van der Waals surface area contributed by atoms with E-state index in [0.29, 0.717) is 17.6 Å². The molecule has 1 aliphatic rings. The molecule has 0 aromatic heterocycles. The number of ether oxygens (including phenoxy) is 2. The van der Waals surface area contributed by atoms with Crippen LogP contribution in [0.1, 0.15) is 24.3 Å². The van der Waals surface area contributed by atoms with E-state index in [4.69, 9.17) is 9.47 Å². The standard InChI is InChI=1S/C15H22FNO2/c1-17-10-13(11-5-7-19-8-6-11)12-3-4-15(18-2)14(16)9-12/h3-4,9,11,13,17H,5-8,10H2,1-2H3. The van der Waals surface area contributed by atoms with Gasteiger partial charge >= 0.3 is 0 Å². The molecule has 1 N–H and O–H groups in total. The SMILES string of the molecule is CNCC(c1ccc(OC)c(F)c1)C1CCOCC1. The molecule has 19 heavy (non-hydrogen) atoms. The highest BCUT2D eigenvalue weighted by Crippen LogP contribution is 2.33. The van der Waals surface area contributed by atoms with Crippen LogP contribution >= 0.6 is 0 Å². The lowest BCUT2D eigenvalue weighted by atomic mass is 9.81. The smallest absolute Gasteiger partial charge is 0.165 e. The molecule has 0 amide bonds. The van der Waals surface area contributed by atoms with Crippen LogP contribution < -0.4 is 10.1 Å². The fourth-order valence-electron chi connectivity index (χ4n) is 2.81. The minimum Gasteiger partial charge on any atom is -0.494 e. The van der Waals surface area contributed by atoms with Crippen molar-refractivity contribution in [2.45, 2.75) is 18.8 Å². The first-order valence-corrected chi connectivity index (χ1v) is 6.82. The Morgan fingerprint density at radius 1 is 1.42 bits per heavy atom. The molecule has 1 heterocycles. The fraction of sp³-hybridized carbons (Fsp3) is 0.600. The van der Waals surface area contributed by atoms with Crippen molar-refractivity contribution in [3.05, 3.63) is 29.6 Å². The summed E-state index contributed by atoms with van der Waals surface area (Å²) in [7, 11) is 3.42. The Kier molecular flexibility index (Phi) is 5.16. The number of rotatable bonds is 5. The molecule has 106 valence electrons. The molecule has 2 rings (SSSR count). The summed E-state index contributed by atoms with van der Waals surface area (Å²) < 4.78 is 24.2. The number of hydrogen-bond donors (Lipinski definition) is 1. The Morgan fingerprint density at radius 3 is 2.74 bits per heavy atom. The van der Waals surface area contributed by atoms with E-state index in [1.54, 1.807) is 12.1 Å². The molecule has 0 saturated carbocycles. The van der Waals surface area contributed by atoms with Gasteiger partial charge < -0.3 is 14.8 Å². The van der Waals surface area contributed by atoms with E-state index in [0.717, 1.165) is 38.2 Å². The summed E-state index contributed by atoms with van der Waals surface area (Å²) in [4.78, 5) is 0. The largest absolute Gasteiger partial charge is 0.494 e. The zero-order valence-electron chi connectivity index (χ0n) is 11.6. The third-order valence-electron chi connectivity index (χ3n) is 3.86. The van der Waals surface area contributed by atoms with Crippen LogP contribution in [0.25, 0.3) is 0 Å². The zero-order valence-corrected chi connectivity index (χ0v) is 11.6. The van der Waals surface area contributed by atoms with Crippen molar-refractivity contribution in [2.24, 2.45) is 5.92 Å². The van der Waals surface area contributed by atoms with Crippen molar-refractivity contribution in [1.82, 2.24) is 5.32 Å². The summed E-state index contributed by atoms with van der Waals surface area (Å²) in [5.74, 6) is 0.899. The number of halogens is 1. The third-order valence-corrected chi connectivity index (χ3v) is 3.86. The van der Waals surface area contributed by atoms with Crippen LogP contribution in [0.4, 0.5) is 4.39 Å². The topological polar surface area (TPSA) is 30.5 Å². The van der Waals surface area contributed by atoms with E-state index in [1.165, 1.54) is 7.11 Å². The number of likely N-dealkylation sites (N-methyl/N-ethyl adjacent to an activating group) is 1. The van der Waals surface area contributed by atoms with Crippen molar-refractivity contribution in [2.75, 3.05) is 33.9 Å². The number of hydrogen-bond acceptors (Lipinski definition) is 3. The van der Waals surface area contributed by atoms with Crippen molar-refractivity contribution >= 4 is 0 Å². The summed E-state index contributed by atoms with van der Waals surface area (Å²) in [6.07, 6.45) is 2.08. The molecular weight excluding hydrogens is 245 g/mol. The molecule has 0 radical (unpaired) electrons. The highest BCUT2D eigenvalue weighted by atomic mass is 19.1. The average molecular weight is 267 g/mol. The Hall–Kier alpha value is -1.13. The summed E-state index contributed by atoms with van der Waals surface area (Å²) >= 11 is 0. The Bertz CT molecular complexity index is 405. The van der Waals surface area contributed by atoms with E-state index in [2.05, 4.69) is 5.32 Å². The zero-order chi connectivity index (χ0) is 13.7. The maximum absolute atomic E-state index is 13.8. The highest BCUT2D eigenvalue weighted by Gasteiger charge is 2.25. The van der Waals surface area contributed by atoms with Crippen LogP contribution in [0, 0.1) is 11.7 Å². The number of methoxy groups -OCH3 is 1. The van der Waals surface area contributed by atoms with E-state index < -0.39 is 0 Å². The normalized spacial score (nSPS) is 18.3. The predicted octanol–water partition coefficient (Wildman–Crippen LogP) is 2.56. The molecule has 0 aliphatic carbocycles. The monoisotopic (exact) mass is 267 g/mol. The van der Waals surface area contributed by atoms with Crippen LogP contribution in [-0.2, 0) is 4.74 Å². The molecule has 1 fully saturated rings. The lowest BCUT2D eigenvalue weighted by molar-refractivity contribution is 0.0578. The minimum atomic E-state index is -0.284. The van der Waals surface area contributed by atoms with Gasteiger partial charge in [0.15, 0.2) is 11.6 Å². The van der Waals surface area contributed by atoms with Gasteiger partial charge in [-0.25, -0.2) is 4.39 Å². The first-order chi connectivity index (χ1) is 9.26. The number of nitrogens with one attached hydrogen (secondary N) is 1. The van der Waals surface area contributed by atoms with Crippen LogP contribution in [0.3, 0.4) is 0 Å². The lowest BCUT2D eigenvalue weighted by Crippen LogP contribution is -2.28. The third kappa shape index (κ3) is 3.45. The van der Waals surface area contributed by atoms with Gasteiger partial charge in [0.1, 0.15) is 0 Å². The number of benzene rings is 1. The van der Waals surface area contributed by atoms with Crippen LogP contribution in [0.15, 0.2) is 18.2 Å². The molecule has 4 heteroatoms. The van der Waals surface area contributed by atoms with Gasteiger partial charge in [-0.2, -0.15) is 0 Å². The maximum atomic E-state index is 13.8. The van der Waals surface area contributed by atoms with E-state index in [1.807, 2.05) is 13.1 Å². The van der Waals surface area contributed by atoms with Crippen LogP contribution in [0.5, 0.6) is 5.75 Å². The Morgan fingerprint density at radius 2 is 2.16 bits per heavy atom. The molecule has 0 bridgehead atoms. The summed E-state index contributed by atoms with van der Waals surface area (Å²) in [5, 5.41) is 3.22. The molecule has 1 saturated heterocycles. The molecule has 1 unspecified atom stereocenters. The maximum Gasteiger partial charge on any atom is 0.165 e. The molecule has 1 atom stereocenters. The van der Waals surface area contributed by atoms with E-state index >= 15 is 0 Å². The van der Waals surface area contributed by atoms with Gasteiger partial charge in [0.05, 0.1) is 7.11 Å². The van der Waals surface area contributed by atoms with Gasteiger partial charge in [-0.05, 0) is 49.4 Å². The minimum absolute atomic E-state index is 0.284. The second-order valence-corrected chi connectivity index (χ2v) is 5.01. The van der Waals surface area contributed by atoms with Gasteiger partial charge in [-0.3, -0.25) is 0 Å². The average Bonchev–Trinajstić information content (AvgIpc) is 2.45. The lowest BCUT2D eigenvalue weighted by Gasteiger charge is -2.30.